The van der Waals surface area contributed by atoms with Crippen LogP contribution in [0.25, 0.3) is 0 Å². The lowest BCUT2D eigenvalue weighted by Gasteiger charge is -2.32. The molecule has 2 aliphatic rings. The van der Waals surface area contributed by atoms with E-state index in [4.69, 9.17) is 14.6 Å². The Morgan fingerprint density at radius 2 is 1.62 bits per heavy atom. The second kappa shape index (κ2) is 12.7. The summed E-state index contributed by atoms with van der Waals surface area (Å²) < 4.78 is 36.8. The molecule has 2 aromatic carbocycles. The molecule has 0 spiro atoms. The number of hydrogen-bond donors (Lipinski definition) is 2. The summed E-state index contributed by atoms with van der Waals surface area (Å²) >= 11 is 0. The van der Waals surface area contributed by atoms with Crippen molar-refractivity contribution in [3.8, 4) is 0 Å². The quantitative estimate of drug-likeness (QED) is 0.371. The summed E-state index contributed by atoms with van der Waals surface area (Å²) in [7, 11) is 2.94. The number of nitrogens with one attached hydrogen (secondary N) is 1. The van der Waals surface area contributed by atoms with Crippen LogP contribution in [-0.4, -0.2) is 83.0 Å². The molecule has 3 amide bonds. The van der Waals surface area contributed by atoms with Crippen LogP contribution < -0.4 is 5.32 Å². The number of esters is 1. The third-order valence-electron chi connectivity index (χ3n) is 7.50. The molecule has 4 atom stereocenters. The smallest absolute Gasteiger partial charge is 0.475 e. The monoisotopic (exact) mass is 591 g/mol. The molecule has 13 heteroatoms. The number of carboxylic acid groups (broad SMARTS) is 1. The second-order valence-corrected chi connectivity index (χ2v) is 10.2. The number of carbonyl (C=O) groups is 5. The van der Waals surface area contributed by atoms with Gasteiger partial charge in [-0.2, -0.15) is 13.2 Å². The van der Waals surface area contributed by atoms with E-state index in [1.807, 2.05) is 49.4 Å². The SMILES string of the molecule is CC[C@@]1(C(=O)OC)N[C@H](CN(C)C(=O)c2ccc(C)cc2)[C@@H]2C(=O)N(Cc3ccccc3)C(=O)[C@@H]21.O=C(O)C(F)(F)F. The lowest BCUT2D eigenvalue weighted by Crippen LogP contribution is -2.58. The Kier molecular flexibility index (Phi) is 9.77. The molecular formula is C29H32F3N3O7. The molecule has 0 saturated carbocycles. The number of carboxylic acids is 1. The Labute approximate surface area is 240 Å². The van der Waals surface area contributed by atoms with Gasteiger partial charge in [-0.05, 0) is 31.0 Å². The van der Waals surface area contributed by atoms with Crippen LogP contribution in [-0.2, 0) is 30.5 Å². The first kappa shape index (κ1) is 32.3. The van der Waals surface area contributed by atoms with E-state index < -0.39 is 47.4 Å². The van der Waals surface area contributed by atoms with Crippen molar-refractivity contribution in [1.29, 1.82) is 0 Å². The van der Waals surface area contributed by atoms with Gasteiger partial charge in [0.1, 0.15) is 5.54 Å². The number of rotatable bonds is 7. The number of alkyl halides is 3. The number of ether oxygens (including phenoxy) is 1. The van der Waals surface area contributed by atoms with Crippen LogP contribution >= 0.6 is 0 Å². The molecule has 2 heterocycles. The summed E-state index contributed by atoms with van der Waals surface area (Å²) in [4.78, 5) is 64.9. The number of likely N-dealkylation sites (N-methyl/N-ethyl adjacent to an activating group) is 1. The number of fused-ring (bicyclic) bond motifs is 1. The Balaban J connectivity index is 0.000000616. The maximum absolute atomic E-state index is 13.6. The zero-order chi connectivity index (χ0) is 31.4. The highest BCUT2D eigenvalue weighted by Crippen LogP contribution is 2.45. The number of nitrogens with zero attached hydrogens (tertiary/aromatic N) is 2. The van der Waals surface area contributed by atoms with Crippen molar-refractivity contribution < 1.29 is 47.0 Å². The molecule has 0 aromatic heterocycles. The normalized spacial score (nSPS) is 23.1. The first-order valence-corrected chi connectivity index (χ1v) is 13.0. The number of benzene rings is 2. The zero-order valence-electron chi connectivity index (χ0n) is 23.5. The van der Waals surface area contributed by atoms with Crippen molar-refractivity contribution in [3.63, 3.8) is 0 Å². The van der Waals surface area contributed by atoms with Crippen LogP contribution in [0.5, 0.6) is 0 Å². The summed E-state index contributed by atoms with van der Waals surface area (Å²) in [6.07, 6.45) is -4.81. The average molecular weight is 592 g/mol. The fourth-order valence-electron chi connectivity index (χ4n) is 5.39. The first-order valence-electron chi connectivity index (χ1n) is 13.0. The molecular weight excluding hydrogens is 559 g/mol. The van der Waals surface area contributed by atoms with E-state index >= 15 is 0 Å². The predicted molar refractivity (Wildman–Crippen MR) is 143 cm³/mol. The molecule has 0 bridgehead atoms. The number of aliphatic carboxylic acids is 1. The molecule has 2 aromatic rings. The minimum atomic E-state index is -5.08. The molecule has 4 rings (SSSR count). The van der Waals surface area contributed by atoms with Gasteiger partial charge >= 0.3 is 18.1 Å². The molecule has 0 radical (unpaired) electrons. The Morgan fingerprint density at radius 3 is 2.12 bits per heavy atom. The fourth-order valence-corrected chi connectivity index (χ4v) is 5.39. The first-order chi connectivity index (χ1) is 19.7. The van der Waals surface area contributed by atoms with Gasteiger partial charge in [-0.25, -0.2) is 4.79 Å². The highest BCUT2D eigenvalue weighted by Gasteiger charge is 2.67. The number of halogens is 3. The molecule has 0 aliphatic carbocycles. The van der Waals surface area contributed by atoms with E-state index in [-0.39, 0.29) is 31.3 Å². The summed E-state index contributed by atoms with van der Waals surface area (Å²) in [5.74, 6) is -5.94. The number of hydrogen-bond acceptors (Lipinski definition) is 7. The molecule has 42 heavy (non-hydrogen) atoms. The van der Waals surface area contributed by atoms with Crippen molar-refractivity contribution in [1.82, 2.24) is 15.1 Å². The van der Waals surface area contributed by atoms with Crippen LogP contribution in [0.1, 0.15) is 34.8 Å². The lowest BCUT2D eigenvalue weighted by atomic mass is 9.78. The zero-order valence-corrected chi connectivity index (χ0v) is 23.5. The lowest BCUT2D eigenvalue weighted by molar-refractivity contribution is -0.192. The predicted octanol–water partition coefficient (Wildman–Crippen LogP) is 2.80. The van der Waals surface area contributed by atoms with Crippen molar-refractivity contribution >= 4 is 29.7 Å². The highest BCUT2D eigenvalue weighted by molar-refractivity contribution is 6.09. The Bertz CT molecular complexity index is 1330. The summed E-state index contributed by atoms with van der Waals surface area (Å²) in [5, 5.41) is 10.4. The van der Waals surface area contributed by atoms with Crippen molar-refractivity contribution in [3.05, 3.63) is 71.3 Å². The second-order valence-electron chi connectivity index (χ2n) is 10.2. The third-order valence-corrected chi connectivity index (χ3v) is 7.50. The standard InChI is InChI=1S/C27H31N3O5.C2HF3O2/c1-5-27(26(34)35-4)22-21(24(32)30(25(22)33)15-18-9-7-6-8-10-18)20(28-27)16-29(3)23(31)19-13-11-17(2)12-14-19;3-2(4,5)1(6)7/h6-14,20-22,28H,5,15-16H2,1-4H3;(H,6,7)/t20-,21+,22-,27-;/m1./s1. The maximum atomic E-state index is 13.6. The van der Waals surface area contributed by atoms with Gasteiger partial charge in [0.2, 0.25) is 11.8 Å². The van der Waals surface area contributed by atoms with E-state index in [1.165, 1.54) is 16.9 Å². The maximum Gasteiger partial charge on any atom is 0.490 e. The number of methoxy groups -OCH3 is 1. The van der Waals surface area contributed by atoms with Crippen LogP contribution in [0.4, 0.5) is 13.2 Å². The molecule has 226 valence electrons. The van der Waals surface area contributed by atoms with E-state index in [0.717, 1.165) is 11.1 Å². The topological polar surface area (TPSA) is 133 Å². The van der Waals surface area contributed by atoms with E-state index in [1.54, 1.807) is 26.1 Å². The van der Waals surface area contributed by atoms with Gasteiger partial charge < -0.3 is 14.7 Å². The minimum Gasteiger partial charge on any atom is -0.475 e. The van der Waals surface area contributed by atoms with Gasteiger partial charge in [-0.1, -0.05) is 55.0 Å². The van der Waals surface area contributed by atoms with Crippen molar-refractivity contribution in [2.75, 3.05) is 20.7 Å². The summed E-state index contributed by atoms with van der Waals surface area (Å²) in [5.41, 5.74) is 1.06. The molecule has 0 unspecified atom stereocenters. The number of imide groups is 1. The molecule has 2 saturated heterocycles. The average Bonchev–Trinajstić information content (AvgIpc) is 3.42. The molecule has 10 nitrogen and oxygen atoms in total. The van der Waals surface area contributed by atoms with E-state index in [9.17, 15) is 32.3 Å². The highest BCUT2D eigenvalue weighted by atomic mass is 19.4. The van der Waals surface area contributed by atoms with Crippen LogP contribution in [0, 0.1) is 18.8 Å². The van der Waals surface area contributed by atoms with Gasteiger partial charge in [0.25, 0.3) is 5.91 Å². The van der Waals surface area contributed by atoms with E-state index in [0.29, 0.717) is 5.56 Å². The summed E-state index contributed by atoms with van der Waals surface area (Å²) in [6.45, 7) is 4.03. The number of carbonyl (C=O) groups excluding carboxylic acids is 4. The molecule has 2 fully saturated rings. The largest absolute Gasteiger partial charge is 0.490 e. The van der Waals surface area contributed by atoms with Crippen molar-refractivity contribution in [2.45, 2.75) is 44.6 Å². The summed E-state index contributed by atoms with van der Waals surface area (Å²) in [6, 6.07) is 15.9. The van der Waals surface area contributed by atoms with Gasteiger partial charge in [0.15, 0.2) is 0 Å². The number of likely N-dealkylation sites (tertiary alicyclic amines) is 1. The Hall–Kier alpha value is -4.26. The Morgan fingerprint density at radius 1 is 1.05 bits per heavy atom. The van der Waals surface area contributed by atoms with Gasteiger partial charge in [0, 0.05) is 25.2 Å². The van der Waals surface area contributed by atoms with Crippen LogP contribution in [0.3, 0.4) is 0 Å². The number of aryl methyl sites for hydroxylation is 1. The van der Waals surface area contributed by atoms with Crippen LogP contribution in [0.15, 0.2) is 54.6 Å². The van der Waals surface area contributed by atoms with Crippen LogP contribution in [0.2, 0.25) is 0 Å². The molecule has 2 N–H and O–H groups in total. The van der Waals surface area contributed by atoms with Gasteiger partial charge in [-0.3, -0.25) is 29.4 Å². The molecule has 2 aliphatic heterocycles. The minimum absolute atomic E-state index is 0.136. The number of amides is 3. The third kappa shape index (κ3) is 6.46. The van der Waals surface area contributed by atoms with E-state index in [2.05, 4.69) is 5.32 Å². The fraction of sp³-hybridized carbons (Fsp3) is 0.414. The van der Waals surface area contributed by atoms with Crippen molar-refractivity contribution in [2.24, 2.45) is 11.8 Å². The van der Waals surface area contributed by atoms with Gasteiger partial charge in [-0.15, -0.1) is 0 Å². The van der Waals surface area contributed by atoms with Gasteiger partial charge in [0.05, 0.1) is 25.5 Å².